The SMILES string of the molecule is CCN(Cc1ccccc1)C(=O)c1ccc(F)c(F)c1F. The zero-order valence-electron chi connectivity index (χ0n) is 11.4. The summed E-state index contributed by atoms with van der Waals surface area (Å²) in [6, 6.07) is 10.9. The van der Waals surface area contributed by atoms with Crippen LogP contribution < -0.4 is 0 Å². The first-order valence-corrected chi connectivity index (χ1v) is 6.51. The second kappa shape index (κ2) is 6.43. The smallest absolute Gasteiger partial charge is 0.257 e. The third-order valence-corrected chi connectivity index (χ3v) is 3.15. The van der Waals surface area contributed by atoms with Crippen molar-refractivity contribution in [3.63, 3.8) is 0 Å². The average Bonchev–Trinajstić information content (AvgIpc) is 2.51. The van der Waals surface area contributed by atoms with E-state index < -0.39 is 28.9 Å². The Hall–Kier alpha value is -2.30. The summed E-state index contributed by atoms with van der Waals surface area (Å²) in [7, 11) is 0. The lowest BCUT2D eigenvalue weighted by molar-refractivity contribution is 0.0746. The van der Waals surface area contributed by atoms with Crippen LogP contribution in [0.1, 0.15) is 22.8 Å². The summed E-state index contributed by atoms with van der Waals surface area (Å²) in [6.07, 6.45) is 0. The Morgan fingerprint density at radius 1 is 1.00 bits per heavy atom. The summed E-state index contributed by atoms with van der Waals surface area (Å²) in [5, 5.41) is 0. The molecule has 5 heteroatoms. The predicted molar refractivity (Wildman–Crippen MR) is 73.2 cm³/mol. The van der Waals surface area contributed by atoms with Crippen molar-refractivity contribution in [2.45, 2.75) is 13.5 Å². The molecule has 21 heavy (non-hydrogen) atoms. The Morgan fingerprint density at radius 3 is 2.29 bits per heavy atom. The predicted octanol–water partition coefficient (Wildman–Crippen LogP) is 3.77. The van der Waals surface area contributed by atoms with E-state index in [1.165, 1.54) is 4.90 Å². The zero-order chi connectivity index (χ0) is 15.4. The van der Waals surface area contributed by atoms with Gasteiger partial charge in [-0.05, 0) is 24.6 Å². The van der Waals surface area contributed by atoms with E-state index in [4.69, 9.17) is 0 Å². The van der Waals surface area contributed by atoms with Crippen LogP contribution in [-0.2, 0) is 6.54 Å². The van der Waals surface area contributed by atoms with Crippen LogP contribution >= 0.6 is 0 Å². The molecule has 2 aromatic rings. The van der Waals surface area contributed by atoms with Gasteiger partial charge in [0.2, 0.25) is 0 Å². The van der Waals surface area contributed by atoms with Crippen LogP contribution in [0.3, 0.4) is 0 Å². The summed E-state index contributed by atoms with van der Waals surface area (Å²) in [6.45, 7) is 2.33. The molecule has 2 aromatic carbocycles. The van der Waals surface area contributed by atoms with Crippen molar-refractivity contribution in [2.24, 2.45) is 0 Å². The standard InChI is InChI=1S/C16H14F3NO/c1-2-20(10-11-6-4-3-5-7-11)16(21)12-8-9-13(17)15(19)14(12)18/h3-9H,2,10H2,1H3. The number of halogens is 3. The van der Waals surface area contributed by atoms with Gasteiger partial charge < -0.3 is 4.90 Å². The van der Waals surface area contributed by atoms with Crippen molar-refractivity contribution in [3.8, 4) is 0 Å². The Balaban J connectivity index is 2.27. The molecular weight excluding hydrogens is 279 g/mol. The maximum atomic E-state index is 13.7. The first-order chi connectivity index (χ1) is 10.0. The highest BCUT2D eigenvalue weighted by atomic mass is 19.2. The quantitative estimate of drug-likeness (QED) is 0.786. The molecule has 0 aliphatic rings. The average molecular weight is 293 g/mol. The minimum atomic E-state index is -1.63. The van der Waals surface area contributed by atoms with E-state index in [2.05, 4.69) is 0 Å². The first kappa shape index (κ1) is 15.1. The third-order valence-electron chi connectivity index (χ3n) is 3.15. The maximum absolute atomic E-state index is 13.7. The molecule has 2 nitrogen and oxygen atoms in total. The summed E-state index contributed by atoms with van der Waals surface area (Å²) in [4.78, 5) is 13.6. The summed E-state index contributed by atoms with van der Waals surface area (Å²) >= 11 is 0. The number of hydrogen-bond donors (Lipinski definition) is 0. The Kier molecular flexibility index (Phi) is 4.62. The largest absolute Gasteiger partial charge is 0.335 e. The molecule has 0 atom stereocenters. The van der Waals surface area contributed by atoms with Crippen molar-refractivity contribution in [1.29, 1.82) is 0 Å². The highest BCUT2D eigenvalue weighted by Gasteiger charge is 2.22. The molecule has 0 aromatic heterocycles. The van der Waals surface area contributed by atoms with E-state index in [9.17, 15) is 18.0 Å². The zero-order valence-corrected chi connectivity index (χ0v) is 11.4. The fourth-order valence-corrected chi connectivity index (χ4v) is 1.99. The molecule has 0 aliphatic carbocycles. The van der Waals surface area contributed by atoms with Gasteiger partial charge in [-0.2, -0.15) is 0 Å². The van der Waals surface area contributed by atoms with Gasteiger partial charge in [0.15, 0.2) is 17.5 Å². The number of carbonyl (C=O) groups excluding carboxylic acids is 1. The summed E-state index contributed by atoms with van der Waals surface area (Å²) in [5.74, 6) is -5.06. The monoisotopic (exact) mass is 293 g/mol. The lowest BCUT2D eigenvalue weighted by atomic mass is 10.1. The molecule has 0 radical (unpaired) electrons. The van der Waals surface area contributed by atoms with Crippen molar-refractivity contribution >= 4 is 5.91 Å². The van der Waals surface area contributed by atoms with E-state index >= 15 is 0 Å². The maximum Gasteiger partial charge on any atom is 0.257 e. The molecule has 0 saturated carbocycles. The topological polar surface area (TPSA) is 20.3 Å². The highest BCUT2D eigenvalue weighted by Crippen LogP contribution is 2.18. The number of carbonyl (C=O) groups is 1. The molecule has 0 bridgehead atoms. The van der Waals surface area contributed by atoms with Crippen LogP contribution in [0.5, 0.6) is 0 Å². The van der Waals surface area contributed by atoms with Gasteiger partial charge in [0.25, 0.3) is 5.91 Å². The van der Waals surface area contributed by atoms with Crippen molar-refractivity contribution in [3.05, 3.63) is 71.0 Å². The highest BCUT2D eigenvalue weighted by molar-refractivity contribution is 5.94. The van der Waals surface area contributed by atoms with Crippen LogP contribution in [0.4, 0.5) is 13.2 Å². The molecule has 0 aliphatic heterocycles. The molecule has 0 fully saturated rings. The van der Waals surface area contributed by atoms with Crippen LogP contribution in [-0.4, -0.2) is 17.4 Å². The molecule has 110 valence electrons. The Morgan fingerprint density at radius 2 is 1.67 bits per heavy atom. The first-order valence-electron chi connectivity index (χ1n) is 6.51. The van der Waals surface area contributed by atoms with Crippen LogP contribution in [0, 0.1) is 17.5 Å². The molecule has 0 saturated heterocycles. The van der Waals surface area contributed by atoms with Crippen LogP contribution in [0.25, 0.3) is 0 Å². The summed E-state index contributed by atoms with van der Waals surface area (Å²) < 4.78 is 39.8. The molecular formula is C16H14F3NO. The Bertz CT molecular complexity index is 643. The van der Waals surface area contributed by atoms with Crippen LogP contribution in [0.2, 0.25) is 0 Å². The second-order valence-electron chi connectivity index (χ2n) is 4.53. The van der Waals surface area contributed by atoms with Gasteiger partial charge in [0.05, 0.1) is 5.56 Å². The van der Waals surface area contributed by atoms with E-state index in [0.717, 1.165) is 17.7 Å². The van der Waals surface area contributed by atoms with Gasteiger partial charge in [-0.25, -0.2) is 13.2 Å². The molecule has 1 amide bonds. The van der Waals surface area contributed by atoms with Crippen LogP contribution in [0.15, 0.2) is 42.5 Å². The van der Waals surface area contributed by atoms with Crippen molar-refractivity contribution in [1.82, 2.24) is 4.90 Å². The number of benzene rings is 2. The Labute approximate surface area is 120 Å². The van der Waals surface area contributed by atoms with E-state index in [1.54, 1.807) is 6.92 Å². The fourth-order valence-electron chi connectivity index (χ4n) is 1.99. The molecule has 2 rings (SSSR count). The number of hydrogen-bond acceptors (Lipinski definition) is 1. The van der Waals surface area contributed by atoms with Gasteiger partial charge in [-0.1, -0.05) is 30.3 Å². The molecule has 0 heterocycles. The van der Waals surface area contributed by atoms with E-state index in [0.29, 0.717) is 6.54 Å². The minimum Gasteiger partial charge on any atom is -0.335 e. The fraction of sp³-hybridized carbons (Fsp3) is 0.188. The number of amides is 1. The van der Waals surface area contributed by atoms with Gasteiger partial charge in [-0.3, -0.25) is 4.79 Å². The molecule has 0 spiro atoms. The normalized spacial score (nSPS) is 10.5. The lowest BCUT2D eigenvalue weighted by Gasteiger charge is -2.21. The van der Waals surface area contributed by atoms with Gasteiger partial charge in [0, 0.05) is 13.1 Å². The molecule has 0 unspecified atom stereocenters. The number of rotatable bonds is 4. The molecule has 0 N–H and O–H groups in total. The lowest BCUT2D eigenvalue weighted by Crippen LogP contribution is -2.31. The van der Waals surface area contributed by atoms with Gasteiger partial charge in [0.1, 0.15) is 0 Å². The number of nitrogens with zero attached hydrogens (tertiary/aromatic N) is 1. The minimum absolute atomic E-state index is 0.272. The van der Waals surface area contributed by atoms with Gasteiger partial charge >= 0.3 is 0 Å². The third kappa shape index (κ3) is 3.24. The van der Waals surface area contributed by atoms with Crippen molar-refractivity contribution in [2.75, 3.05) is 6.54 Å². The second-order valence-corrected chi connectivity index (χ2v) is 4.53. The van der Waals surface area contributed by atoms with Crippen molar-refractivity contribution < 1.29 is 18.0 Å². The van der Waals surface area contributed by atoms with E-state index in [1.807, 2.05) is 30.3 Å². The van der Waals surface area contributed by atoms with E-state index in [-0.39, 0.29) is 6.54 Å². The van der Waals surface area contributed by atoms with Gasteiger partial charge in [-0.15, -0.1) is 0 Å². The summed E-state index contributed by atoms with van der Waals surface area (Å²) in [5.41, 5.74) is 0.405.